The monoisotopic (exact) mass is 914 g/mol. The summed E-state index contributed by atoms with van der Waals surface area (Å²) in [6, 6.07) is 85.4. The molecular formula is C62H50FeO4. The molecule has 10 heterocycles. The topological polar surface area (TPSA) is 80.9 Å². The van der Waals surface area contributed by atoms with Crippen LogP contribution < -0.4 is 0 Å². The fourth-order valence-corrected chi connectivity index (χ4v) is 119. The van der Waals surface area contributed by atoms with Crippen molar-refractivity contribution in [3.63, 3.8) is 0 Å². The first-order valence-electron chi connectivity index (χ1n) is 24.1. The van der Waals surface area contributed by atoms with Gasteiger partial charge in [-0.15, -0.1) is 0 Å². The van der Waals surface area contributed by atoms with E-state index in [1.54, 1.807) is 0 Å². The average molecular weight is 915 g/mol. The molecule has 10 aliphatic heterocycles. The van der Waals surface area contributed by atoms with Crippen molar-refractivity contribution in [1.29, 1.82) is 0 Å². The van der Waals surface area contributed by atoms with Crippen LogP contribution in [0.5, 0.6) is 0 Å². The summed E-state index contributed by atoms with van der Waals surface area (Å²) >= 11 is 0. The fraction of sp³-hybridized carbons (Fsp3) is 0.226. The summed E-state index contributed by atoms with van der Waals surface area (Å²) in [4.78, 5) is 0.629. The van der Waals surface area contributed by atoms with Crippen molar-refractivity contribution < 1.29 is 26.9 Å². The second-order valence-electron chi connectivity index (χ2n) is 23.1. The zero-order valence-corrected chi connectivity index (χ0v) is 38.0. The molecule has 8 aromatic rings. The van der Waals surface area contributed by atoms with E-state index < -0.39 is 6.51 Å². The van der Waals surface area contributed by atoms with E-state index in [-0.39, 0.29) is 60.9 Å². The van der Waals surface area contributed by atoms with Crippen LogP contribution in [0.1, 0.15) is 66.8 Å². The summed E-state index contributed by atoms with van der Waals surface area (Å²) in [5.74, 6) is 0. The molecule has 0 radical (unpaired) electrons. The Labute approximate surface area is 380 Å². The van der Waals surface area contributed by atoms with Gasteiger partial charge in [-0.3, -0.25) is 0 Å². The van der Waals surface area contributed by atoms with E-state index >= 15 is 0 Å². The minimum atomic E-state index is -6.91. The van der Waals surface area contributed by atoms with Gasteiger partial charge in [0.1, 0.15) is 0 Å². The Hall–Kier alpha value is -5.88. The van der Waals surface area contributed by atoms with Gasteiger partial charge >= 0.3 is 383 Å². The minimum absolute atomic E-state index is 0.0147. The first-order valence-corrected chi connectivity index (χ1v) is 29.8. The third-order valence-electron chi connectivity index (χ3n) is 26.7. The molecule has 0 amide bonds. The van der Waals surface area contributed by atoms with Crippen LogP contribution >= 0.6 is 0 Å². The van der Waals surface area contributed by atoms with E-state index in [4.69, 9.17) is 0 Å². The number of fused-ring (bicyclic) bond motifs is 10. The summed E-state index contributed by atoms with van der Waals surface area (Å²) in [5.41, 5.74) is 15.4. The van der Waals surface area contributed by atoms with Crippen molar-refractivity contribution in [2.24, 2.45) is 0 Å². The predicted molar refractivity (Wildman–Crippen MR) is 256 cm³/mol. The van der Waals surface area contributed by atoms with Crippen molar-refractivity contribution >= 4 is 0 Å². The molecule has 10 aliphatic rings. The van der Waals surface area contributed by atoms with Gasteiger partial charge in [0, 0.05) is 0 Å². The van der Waals surface area contributed by atoms with Crippen molar-refractivity contribution in [3.8, 4) is 0 Å². The molecule has 10 saturated heterocycles. The molecule has 0 aromatic heterocycles. The first kappa shape index (κ1) is 36.2. The molecule has 10 fully saturated rings. The van der Waals surface area contributed by atoms with E-state index in [2.05, 4.69) is 218 Å². The second kappa shape index (κ2) is 7.35. The van der Waals surface area contributed by atoms with Crippen LogP contribution in [0.15, 0.2) is 218 Å². The van der Waals surface area contributed by atoms with Crippen LogP contribution in [0.3, 0.4) is 0 Å². The van der Waals surface area contributed by atoms with Gasteiger partial charge in [-0.05, 0) is 0 Å². The van der Waals surface area contributed by atoms with Crippen molar-refractivity contribution in [3.05, 3.63) is 285 Å². The molecule has 0 bridgehead atoms. The van der Waals surface area contributed by atoms with Crippen LogP contribution in [0.4, 0.5) is 0 Å². The second-order valence-corrected chi connectivity index (χ2v) is 44.4. The summed E-state index contributed by atoms with van der Waals surface area (Å²) in [5, 5.41) is 42.9. The van der Waals surface area contributed by atoms with Gasteiger partial charge in [-0.2, -0.15) is 0 Å². The molecule has 8 atom stereocenters. The zero-order valence-electron chi connectivity index (χ0n) is 36.9. The third-order valence-corrected chi connectivity index (χ3v) is 71.9. The maximum atomic E-state index is 10.7. The standard InChI is InChI=1S/2C31H25O2.Fe/c2*32-20-22-11-15-24(16-12-22)28-19-29(25-17-13-23(21-33)14-18-25)31(27-9-5-2-6-10-27)30(28)26-7-3-1-4-8-26;/h2*1-19,32-33H,20-21H2;. The summed E-state index contributed by atoms with van der Waals surface area (Å²) < 4.78 is -2.37. The first-order chi connectivity index (χ1) is 32.9. The van der Waals surface area contributed by atoms with Crippen molar-refractivity contribution in [2.75, 3.05) is 0 Å². The molecule has 5 heteroatoms. The van der Waals surface area contributed by atoms with Crippen LogP contribution in [-0.4, -0.2) is 20.4 Å². The Bertz CT molecular complexity index is 3470. The quantitative estimate of drug-likeness (QED) is 0.0921. The summed E-state index contributed by atoms with van der Waals surface area (Å²) in [7, 11) is 0. The van der Waals surface area contributed by atoms with Crippen LogP contribution in [0, 0.1) is 0 Å². The molecule has 4 N–H and O–H groups in total. The predicted octanol–water partition coefficient (Wildman–Crippen LogP) is 10.2. The molecule has 330 valence electrons. The Kier molecular flexibility index (Phi) is 3.97. The fourth-order valence-electron chi connectivity index (χ4n) is 31.2. The Morgan fingerprint density at radius 2 is 0.448 bits per heavy atom. The van der Waals surface area contributed by atoms with Crippen molar-refractivity contribution in [1.82, 2.24) is 0 Å². The van der Waals surface area contributed by atoms with E-state index in [1.165, 1.54) is 44.5 Å². The molecule has 0 saturated carbocycles. The van der Waals surface area contributed by atoms with Gasteiger partial charge < -0.3 is 0 Å². The number of aliphatic hydroxyl groups excluding tert-OH is 4. The van der Waals surface area contributed by atoms with Crippen LogP contribution in [-0.2, 0) is 67.4 Å². The van der Waals surface area contributed by atoms with Gasteiger partial charge in [-0.1, -0.05) is 0 Å². The third kappa shape index (κ3) is 1.09. The van der Waals surface area contributed by atoms with E-state index in [0.717, 1.165) is 22.3 Å². The maximum absolute atomic E-state index is 10.7. The molecule has 4 nitrogen and oxygen atoms in total. The summed E-state index contributed by atoms with van der Waals surface area (Å²) in [6.45, 7) is -6.97. The van der Waals surface area contributed by atoms with Gasteiger partial charge in [0.15, 0.2) is 0 Å². The van der Waals surface area contributed by atoms with Gasteiger partial charge in [-0.25, -0.2) is 0 Å². The van der Waals surface area contributed by atoms with Gasteiger partial charge in [0.05, 0.1) is 0 Å². The van der Waals surface area contributed by atoms with E-state index in [9.17, 15) is 20.4 Å². The van der Waals surface area contributed by atoms with Gasteiger partial charge in [0.2, 0.25) is 0 Å². The Morgan fingerprint density at radius 3 is 0.627 bits per heavy atom. The summed E-state index contributed by atoms with van der Waals surface area (Å²) in [6.07, 6.45) is 0. The molecule has 8 unspecified atom stereocenters. The number of benzene rings is 8. The van der Waals surface area contributed by atoms with Crippen LogP contribution in [0.2, 0.25) is 9.63 Å². The normalized spacial score (nSPS) is 46.5. The molecule has 8 aromatic carbocycles. The molecular weight excluding hydrogens is 865 g/mol. The molecule has 0 aliphatic carbocycles. The van der Waals surface area contributed by atoms with Gasteiger partial charge in [0.25, 0.3) is 0 Å². The van der Waals surface area contributed by atoms with E-state index in [1.807, 2.05) is 0 Å². The SMILES string of the molecule is OCc1ccc([C]23[CH]4[C]5(c6ccc(CO)cc6)[C]6(c7ccccc7)[C]2(c2ccccc2)[Fe]43562789[CH]3[C]2(c2ccc(CO)cc2)[C]7(c2ccccc2)[C]8(c2ccccc2)[C]39c2ccc(CO)cc2)cc1. The molecule has 1 spiro atoms. The van der Waals surface area contributed by atoms with Crippen LogP contribution in [0.25, 0.3) is 0 Å². The Balaban J connectivity index is 1.21. The number of hydrogen-bond donors (Lipinski definition) is 4. The van der Waals surface area contributed by atoms with E-state index in [0.29, 0.717) is 9.63 Å². The number of hydrogen-bond acceptors (Lipinski definition) is 4. The molecule has 18 rings (SSSR count). The van der Waals surface area contributed by atoms with Crippen molar-refractivity contribution in [2.45, 2.75) is 70.6 Å². The zero-order chi connectivity index (χ0) is 44.7. The molecule has 67 heavy (non-hydrogen) atoms. The Morgan fingerprint density at radius 1 is 0.254 bits per heavy atom. The number of rotatable bonds is 12. The average Bonchev–Trinajstić information content (AvgIpc) is 4.38. The number of aliphatic hydroxyl groups is 4.